The molecule has 1 aliphatic rings. The topological polar surface area (TPSA) is 83.6 Å². The number of nitro groups is 1. The quantitative estimate of drug-likeness (QED) is 0.542. The third-order valence-electron chi connectivity index (χ3n) is 3.23. The van der Waals surface area contributed by atoms with Gasteiger partial charge in [0.05, 0.1) is 6.10 Å². The van der Waals surface area contributed by atoms with E-state index >= 15 is 0 Å². The van der Waals surface area contributed by atoms with Crippen LogP contribution in [0.5, 0.6) is 0 Å². The molecule has 4 unspecified atom stereocenters. The molecule has 0 amide bonds. The zero-order chi connectivity index (χ0) is 11.4. The number of aliphatic hydroxyl groups is 2. The molecular formula is C10H19NO4. The molecule has 1 saturated carbocycles. The van der Waals surface area contributed by atoms with Crippen molar-refractivity contribution in [2.45, 2.75) is 57.3 Å². The van der Waals surface area contributed by atoms with Crippen molar-refractivity contribution in [1.29, 1.82) is 0 Å². The van der Waals surface area contributed by atoms with Crippen LogP contribution < -0.4 is 0 Å². The van der Waals surface area contributed by atoms with Gasteiger partial charge in [0.1, 0.15) is 6.10 Å². The zero-order valence-electron chi connectivity index (χ0n) is 9.00. The van der Waals surface area contributed by atoms with Crippen molar-refractivity contribution in [1.82, 2.24) is 0 Å². The minimum Gasteiger partial charge on any atom is -0.393 e. The van der Waals surface area contributed by atoms with Gasteiger partial charge in [0.25, 0.3) is 0 Å². The van der Waals surface area contributed by atoms with Gasteiger partial charge in [-0.3, -0.25) is 10.1 Å². The molecular weight excluding hydrogens is 198 g/mol. The van der Waals surface area contributed by atoms with Crippen molar-refractivity contribution >= 4 is 0 Å². The number of hydrogen-bond acceptors (Lipinski definition) is 4. The van der Waals surface area contributed by atoms with Crippen LogP contribution in [0.4, 0.5) is 0 Å². The molecule has 88 valence electrons. The third-order valence-corrected chi connectivity index (χ3v) is 3.23. The largest absolute Gasteiger partial charge is 0.393 e. The van der Waals surface area contributed by atoms with Crippen molar-refractivity contribution in [2.75, 3.05) is 0 Å². The highest BCUT2D eigenvalue weighted by Crippen LogP contribution is 2.30. The first-order valence-corrected chi connectivity index (χ1v) is 5.55. The molecule has 0 heterocycles. The highest BCUT2D eigenvalue weighted by atomic mass is 16.6. The minimum atomic E-state index is -0.912. The van der Waals surface area contributed by atoms with Gasteiger partial charge in [0.2, 0.25) is 6.04 Å². The first-order valence-electron chi connectivity index (χ1n) is 5.55. The van der Waals surface area contributed by atoms with Gasteiger partial charge in [-0.15, -0.1) is 0 Å². The molecule has 5 nitrogen and oxygen atoms in total. The molecule has 1 fully saturated rings. The van der Waals surface area contributed by atoms with E-state index in [9.17, 15) is 20.3 Å². The normalized spacial score (nSPS) is 30.9. The highest BCUT2D eigenvalue weighted by molar-refractivity contribution is 4.81. The molecule has 15 heavy (non-hydrogen) atoms. The van der Waals surface area contributed by atoms with Crippen LogP contribution in [0.1, 0.15) is 39.0 Å². The number of hydrogen-bond donors (Lipinski definition) is 2. The lowest BCUT2D eigenvalue weighted by atomic mass is 9.80. The summed E-state index contributed by atoms with van der Waals surface area (Å²) in [5.41, 5.74) is 0. The Bertz CT molecular complexity index is 221. The Morgan fingerprint density at radius 1 is 1.53 bits per heavy atom. The Morgan fingerprint density at radius 3 is 2.67 bits per heavy atom. The first-order chi connectivity index (χ1) is 7.06. The van der Waals surface area contributed by atoms with E-state index in [0.29, 0.717) is 12.8 Å². The first kappa shape index (κ1) is 12.4. The van der Waals surface area contributed by atoms with E-state index in [1.807, 2.05) is 0 Å². The fraction of sp³-hybridized carbons (Fsp3) is 1.00. The predicted molar refractivity (Wildman–Crippen MR) is 55.0 cm³/mol. The number of nitrogens with zero attached hydrogens (tertiary/aromatic N) is 1. The standard InChI is InChI=1S/C10H19NO4/c1-2-9(13)10(11(14)15)7-4-3-5-8(12)6-7/h7-10,12-13H,2-6H2,1H3. The van der Waals surface area contributed by atoms with Crippen LogP contribution >= 0.6 is 0 Å². The summed E-state index contributed by atoms with van der Waals surface area (Å²) < 4.78 is 0. The van der Waals surface area contributed by atoms with Gasteiger partial charge >= 0.3 is 0 Å². The van der Waals surface area contributed by atoms with E-state index < -0.39 is 23.2 Å². The summed E-state index contributed by atoms with van der Waals surface area (Å²) in [5, 5.41) is 29.9. The summed E-state index contributed by atoms with van der Waals surface area (Å²) in [5.74, 6) is -0.182. The molecule has 1 aliphatic carbocycles. The molecule has 0 saturated heterocycles. The van der Waals surface area contributed by atoms with Crippen LogP contribution in [-0.2, 0) is 0 Å². The van der Waals surface area contributed by atoms with E-state index in [1.165, 1.54) is 0 Å². The van der Waals surface area contributed by atoms with Gasteiger partial charge < -0.3 is 10.2 Å². The molecule has 2 N–H and O–H groups in total. The second-order valence-corrected chi connectivity index (χ2v) is 4.33. The molecule has 0 bridgehead atoms. The van der Waals surface area contributed by atoms with E-state index in [0.717, 1.165) is 19.3 Å². The SMILES string of the molecule is CCC(O)C(C1CCCC(O)C1)[N+](=O)[O-]. The number of rotatable bonds is 4. The smallest absolute Gasteiger partial charge is 0.241 e. The summed E-state index contributed by atoms with van der Waals surface area (Å²) in [6.45, 7) is 1.74. The van der Waals surface area contributed by atoms with Crippen molar-refractivity contribution in [2.24, 2.45) is 5.92 Å². The summed E-state index contributed by atoms with van der Waals surface area (Å²) in [4.78, 5) is 10.5. The Kier molecular flexibility index (Phi) is 4.47. The molecule has 4 atom stereocenters. The van der Waals surface area contributed by atoms with Crippen LogP contribution in [-0.4, -0.2) is 33.4 Å². The van der Waals surface area contributed by atoms with Gasteiger partial charge in [-0.05, 0) is 25.7 Å². The van der Waals surface area contributed by atoms with Crippen molar-refractivity contribution < 1.29 is 15.1 Å². The van der Waals surface area contributed by atoms with Crippen molar-refractivity contribution in [3.8, 4) is 0 Å². The summed E-state index contributed by atoms with van der Waals surface area (Å²) in [6.07, 6.45) is 1.78. The Labute approximate surface area is 89.3 Å². The second-order valence-electron chi connectivity index (χ2n) is 4.33. The van der Waals surface area contributed by atoms with Gasteiger partial charge in [-0.2, -0.15) is 0 Å². The lowest BCUT2D eigenvalue weighted by Gasteiger charge is -2.29. The average Bonchev–Trinajstić information content (AvgIpc) is 2.17. The van der Waals surface area contributed by atoms with Crippen LogP contribution in [0.2, 0.25) is 0 Å². The molecule has 5 heteroatoms. The fourth-order valence-electron chi connectivity index (χ4n) is 2.38. The predicted octanol–water partition coefficient (Wildman–Crippen LogP) is 0.954. The maximum Gasteiger partial charge on any atom is 0.241 e. The van der Waals surface area contributed by atoms with Gasteiger partial charge in [-0.25, -0.2) is 0 Å². The molecule has 0 spiro atoms. The summed E-state index contributed by atoms with van der Waals surface area (Å²) >= 11 is 0. The molecule has 0 aromatic carbocycles. The van der Waals surface area contributed by atoms with E-state index in [1.54, 1.807) is 6.92 Å². The Balaban J connectivity index is 2.66. The van der Waals surface area contributed by atoms with E-state index in [-0.39, 0.29) is 5.92 Å². The van der Waals surface area contributed by atoms with Crippen LogP contribution in [0, 0.1) is 16.0 Å². The third kappa shape index (κ3) is 3.14. The fourth-order valence-corrected chi connectivity index (χ4v) is 2.38. The summed E-state index contributed by atoms with van der Waals surface area (Å²) in [6, 6.07) is -0.912. The maximum absolute atomic E-state index is 10.9. The minimum absolute atomic E-state index is 0.182. The van der Waals surface area contributed by atoms with Crippen molar-refractivity contribution in [3.05, 3.63) is 10.1 Å². The lowest BCUT2D eigenvalue weighted by molar-refractivity contribution is -0.545. The van der Waals surface area contributed by atoms with E-state index in [2.05, 4.69) is 0 Å². The van der Waals surface area contributed by atoms with E-state index in [4.69, 9.17) is 0 Å². The molecule has 0 aromatic heterocycles. The van der Waals surface area contributed by atoms with Crippen LogP contribution in [0.15, 0.2) is 0 Å². The number of aliphatic hydroxyl groups excluding tert-OH is 2. The molecule has 0 aliphatic heterocycles. The van der Waals surface area contributed by atoms with Gasteiger partial charge in [-0.1, -0.05) is 13.3 Å². The molecule has 0 aromatic rings. The van der Waals surface area contributed by atoms with Crippen molar-refractivity contribution in [3.63, 3.8) is 0 Å². The lowest BCUT2D eigenvalue weighted by Crippen LogP contribution is -2.42. The van der Waals surface area contributed by atoms with Gasteiger partial charge in [0, 0.05) is 10.8 Å². The molecule has 0 radical (unpaired) electrons. The highest BCUT2D eigenvalue weighted by Gasteiger charge is 2.39. The monoisotopic (exact) mass is 217 g/mol. The maximum atomic E-state index is 10.9. The van der Waals surface area contributed by atoms with Gasteiger partial charge in [0.15, 0.2) is 0 Å². The Morgan fingerprint density at radius 2 is 2.20 bits per heavy atom. The molecule has 1 rings (SSSR count). The second kappa shape index (κ2) is 5.42. The van der Waals surface area contributed by atoms with Crippen LogP contribution in [0.3, 0.4) is 0 Å². The average molecular weight is 217 g/mol. The zero-order valence-corrected chi connectivity index (χ0v) is 9.00. The Hall–Kier alpha value is -0.680. The summed E-state index contributed by atoms with van der Waals surface area (Å²) in [7, 11) is 0. The van der Waals surface area contributed by atoms with Crippen LogP contribution in [0.25, 0.3) is 0 Å².